The zero-order valence-electron chi connectivity index (χ0n) is 32.7. The number of hydrogen-bond acceptors (Lipinski definition) is 7. The molecule has 296 valence electrons. The maximum absolute atomic E-state index is 12.5. The first kappa shape index (κ1) is 49.2. The summed E-state index contributed by atoms with van der Waals surface area (Å²) in [7, 11) is -4.30. The molecule has 2 unspecified atom stereocenters. The average molecular weight is 747 g/mol. The topological polar surface area (TPSA) is 108 Å². The predicted octanol–water partition coefficient (Wildman–Crippen LogP) is 12.3. The minimum atomic E-state index is -4.30. The number of ether oxygens (including phenoxy) is 2. The SMILES string of the molecule is CC/C=C\C/C=C\C/C=C\C/C=C\CCCCC(=O)OC(COC(=O)CCCCCCCCC/C=C\C/C=C\C/C=C\CC)COP(=O)(O)OCC. The second-order valence-corrected chi connectivity index (χ2v) is 14.0. The highest BCUT2D eigenvalue weighted by atomic mass is 31.2. The first-order valence-electron chi connectivity index (χ1n) is 19.9. The van der Waals surface area contributed by atoms with Crippen LogP contribution in [0.25, 0.3) is 0 Å². The molecular formula is C43H71O8P. The van der Waals surface area contributed by atoms with Crippen LogP contribution in [0.5, 0.6) is 0 Å². The summed E-state index contributed by atoms with van der Waals surface area (Å²) >= 11 is 0. The first-order chi connectivity index (χ1) is 25.3. The van der Waals surface area contributed by atoms with Gasteiger partial charge < -0.3 is 14.4 Å². The van der Waals surface area contributed by atoms with E-state index in [0.717, 1.165) is 89.9 Å². The second-order valence-electron chi connectivity index (χ2n) is 12.5. The largest absolute Gasteiger partial charge is 0.472 e. The summed E-state index contributed by atoms with van der Waals surface area (Å²) in [4.78, 5) is 34.7. The zero-order chi connectivity index (χ0) is 38.2. The molecule has 0 aromatic rings. The fraction of sp³-hybridized carbons (Fsp3) is 0.628. The monoisotopic (exact) mass is 746 g/mol. The molecule has 52 heavy (non-hydrogen) atoms. The first-order valence-corrected chi connectivity index (χ1v) is 21.4. The summed E-state index contributed by atoms with van der Waals surface area (Å²) in [5, 5.41) is 0. The lowest BCUT2D eigenvalue weighted by atomic mass is 10.1. The van der Waals surface area contributed by atoms with Gasteiger partial charge in [-0.3, -0.25) is 18.6 Å². The van der Waals surface area contributed by atoms with Crippen molar-refractivity contribution >= 4 is 19.8 Å². The summed E-state index contributed by atoms with van der Waals surface area (Å²) in [5.41, 5.74) is 0. The highest BCUT2D eigenvalue weighted by Gasteiger charge is 2.25. The molecule has 2 atom stereocenters. The van der Waals surface area contributed by atoms with Crippen molar-refractivity contribution in [1.82, 2.24) is 0 Å². The average Bonchev–Trinajstić information content (AvgIpc) is 3.12. The van der Waals surface area contributed by atoms with E-state index in [-0.39, 0.29) is 26.1 Å². The molecule has 0 aromatic carbocycles. The predicted molar refractivity (Wildman–Crippen MR) is 216 cm³/mol. The fourth-order valence-corrected chi connectivity index (χ4v) is 5.62. The van der Waals surface area contributed by atoms with E-state index in [4.69, 9.17) is 18.5 Å². The zero-order valence-corrected chi connectivity index (χ0v) is 33.6. The van der Waals surface area contributed by atoms with Crippen LogP contribution in [-0.4, -0.2) is 42.8 Å². The molecule has 0 saturated heterocycles. The van der Waals surface area contributed by atoms with E-state index >= 15 is 0 Å². The van der Waals surface area contributed by atoms with Gasteiger partial charge in [0.2, 0.25) is 0 Å². The minimum absolute atomic E-state index is 0.0142. The van der Waals surface area contributed by atoms with Crippen molar-refractivity contribution < 1.29 is 37.6 Å². The van der Waals surface area contributed by atoms with E-state index in [0.29, 0.717) is 6.42 Å². The van der Waals surface area contributed by atoms with Crippen LogP contribution < -0.4 is 0 Å². The molecule has 8 nitrogen and oxygen atoms in total. The van der Waals surface area contributed by atoms with Gasteiger partial charge in [-0.15, -0.1) is 0 Å². The van der Waals surface area contributed by atoms with Crippen molar-refractivity contribution in [3.8, 4) is 0 Å². The van der Waals surface area contributed by atoms with E-state index < -0.39 is 32.5 Å². The van der Waals surface area contributed by atoms with E-state index in [9.17, 15) is 19.0 Å². The lowest BCUT2D eigenvalue weighted by molar-refractivity contribution is -0.161. The van der Waals surface area contributed by atoms with Gasteiger partial charge in [0.1, 0.15) is 6.61 Å². The lowest BCUT2D eigenvalue weighted by Crippen LogP contribution is -2.29. The van der Waals surface area contributed by atoms with Crippen LogP contribution in [-0.2, 0) is 32.7 Å². The Morgan fingerprint density at radius 3 is 1.42 bits per heavy atom. The van der Waals surface area contributed by atoms with Gasteiger partial charge in [0.15, 0.2) is 6.10 Å². The molecule has 0 aliphatic rings. The van der Waals surface area contributed by atoms with Crippen molar-refractivity contribution in [3.63, 3.8) is 0 Å². The van der Waals surface area contributed by atoms with Gasteiger partial charge in [-0.2, -0.15) is 0 Å². The van der Waals surface area contributed by atoms with Crippen LogP contribution in [0, 0.1) is 0 Å². The van der Waals surface area contributed by atoms with Crippen molar-refractivity contribution in [2.45, 2.75) is 155 Å². The number of hydrogen-bond donors (Lipinski definition) is 1. The summed E-state index contributed by atoms with van der Waals surface area (Å²) in [6.07, 6.45) is 47.8. The van der Waals surface area contributed by atoms with Crippen molar-refractivity contribution in [1.29, 1.82) is 0 Å². The van der Waals surface area contributed by atoms with Gasteiger partial charge in [-0.1, -0.05) is 131 Å². The van der Waals surface area contributed by atoms with Gasteiger partial charge in [-0.05, 0) is 90.4 Å². The number of allylic oxidation sites excluding steroid dienone is 14. The number of phosphoric acid groups is 1. The standard InChI is InChI=1S/C43H71O8P/c1-4-7-9-11-13-15-17-19-21-22-24-25-27-29-31-33-35-37-42(44)48-39-41(40-50-52(46,47)49-6-3)51-43(45)38-36-34-32-30-28-26-23-20-18-16-14-12-10-8-5-2/h7-10,13-16,19-21,23,28,30,41H,4-6,11-12,17-18,22,24-27,29,31-40H2,1-3H3,(H,46,47)/b9-7-,10-8-,15-13-,16-14-,21-19-,23-20-,30-28-. The molecule has 0 aromatic heterocycles. The Balaban J connectivity index is 4.22. The third-order valence-corrected chi connectivity index (χ3v) is 8.76. The van der Waals surface area contributed by atoms with Gasteiger partial charge in [-0.25, -0.2) is 4.57 Å². The van der Waals surface area contributed by atoms with Crippen molar-refractivity contribution in [2.24, 2.45) is 0 Å². The maximum Gasteiger partial charge on any atom is 0.472 e. The third-order valence-electron chi connectivity index (χ3n) is 7.70. The van der Waals surface area contributed by atoms with Crippen LogP contribution in [0.1, 0.15) is 149 Å². The van der Waals surface area contributed by atoms with Gasteiger partial charge >= 0.3 is 19.8 Å². The molecule has 0 aliphatic heterocycles. The molecule has 0 amide bonds. The molecule has 0 radical (unpaired) electrons. The molecule has 0 rings (SSSR count). The van der Waals surface area contributed by atoms with Crippen LogP contribution >= 0.6 is 7.82 Å². The molecule has 0 fully saturated rings. The lowest BCUT2D eigenvalue weighted by Gasteiger charge is -2.19. The van der Waals surface area contributed by atoms with Gasteiger partial charge in [0.05, 0.1) is 13.2 Å². The van der Waals surface area contributed by atoms with E-state index in [1.165, 1.54) is 19.3 Å². The Hall–Kier alpha value is -2.77. The summed E-state index contributed by atoms with van der Waals surface area (Å²) in [6, 6.07) is 0. The molecule has 0 aliphatic carbocycles. The Labute approximate surface area is 316 Å². The molecular weight excluding hydrogens is 675 g/mol. The normalized spacial score (nSPS) is 14.3. The Kier molecular flexibility index (Phi) is 35.9. The molecule has 0 heterocycles. The summed E-state index contributed by atoms with van der Waals surface area (Å²) in [6.45, 7) is 5.16. The number of unbranched alkanes of at least 4 members (excludes halogenated alkanes) is 9. The Morgan fingerprint density at radius 2 is 0.923 bits per heavy atom. The van der Waals surface area contributed by atoms with Crippen LogP contribution in [0.2, 0.25) is 0 Å². The highest BCUT2D eigenvalue weighted by molar-refractivity contribution is 7.47. The number of carbonyl (C=O) groups is 2. The van der Waals surface area contributed by atoms with E-state index in [1.54, 1.807) is 6.92 Å². The number of phosphoric ester groups is 1. The summed E-state index contributed by atoms with van der Waals surface area (Å²) in [5.74, 6) is -0.867. The molecule has 0 saturated carbocycles. The molecule has 0 bridgehead atoms. The van der Waals surface area contributed by atoms with Crippen molar-refractivity contribution in [3.05, 3.63) is 85.1 Å². The highest BCUT2D eigenvalue weighted by Crippen LogP contribution is 2.43. The second kappa shape index (κ2) is 38.0. The Bertz CT molecular complexity index is 1120. The fourth-order valence-electron chi connectivity index (χ4n) is 4.87. The van der Waals surface area contributed by atoms with Crippen molar-refractivity contribution in [2.75, 3.05) is 19.8 Å². The summed E-state index contributed by atoms with van der Waals surface area (Å²) < 4.78 is 32.5. The van der Waals surface area contributed by atoms with Crippen LogP contribution in [0.15, 0.2) is 85.1 Å². The van der Waals surface area contributed by atoms with E-state index in [2.05, 4.69) is 98.9 Å². The molecule has 1 N–H and O–H groups in total. The van der Waals surface area contributed by atoms with E-state index in [1.807, 2.05) is 0 Å². The van der Waals surface area contributed by atoms with Crippen LogP contribution in [0.4, 0.5) is 0 Å². The van der Waals surface area contributed by atoms with Gasteiger partial charge in [0.25, 0.3) is 0 Å². The number of esters is 2. The maximum atomic E-state index is 12.5. The van der Waals surface area contributed by atoms with Crippen LogP contribution in [0.3, 0.4) is 0 Å². The quantitative estimate of drug-likeness (QED) is 0.0295. The number of carbonyl (C=O) groups excluding carboxylic acids is 2. The minimum Gasteiger partial charge on any atom is -0.462 e. The molecule has 9 heteroatoms. The Morgan fingerprint density at radius 1 is 0.519 bits per heavy atom. The third kappa shape index (κ3) is 37.0. The molecule has 0 spiro atoms. The smallest absolute Gasteiger partial charge is 0.462 e. The number of rotatable bonds is 35. The van der Waals surface area contributed by atoms with Gasteiger partial charge in [0, 0.05) is 12.8 Å².